The maximum Gasteiger partial charge on any atom is 0.260 e. The van der Waals surface area contributed by atoms with Gasteiger partial charge in [0.1, 0.15) is 5.75 Å². The first-order chi connectivity index (χ1) is 11.2. The van der Waals surface area contributed by atoms with Crippen LogP contribution in [0.5, 0.6) is 5.75 Å². The second kappa shape index (κ2) is 10.2. The molecule has 5 nitrogen and oxygen atoms in total. The highest BCUT2D eigenvalue weighted by atomic mass is 35.5. The van der Waals surface area contributed by atoms with Crippen LogP contribution in [0.25, 0.3) is 0 Å². The van der Waals surface area contributed by atoms with Gasteiger partial charge in [-0.2, -0.15) is 0 Å². The highest BCUT2D eigenvalue weighted by molar-refractivity contribution is 5.85. The maximum absolute atomic E-state index is 12.2. The molecule has 2 aromatic rings. The van der Waals surface area contributed by atoms with E-state index < -0.39 is 6.10 Å². The number of fused-ring (bicyclic) bond motifs is 1. The second-order valence-corrected chi connectivity index (χ2v) is 5.65. The van der Waals surface area contributed by atoms with Gasteiger partial charge < -0.3 is 15.4 Å². The van der Waals surface area contributed by atoms with Crippen molar-refractivity contribution in [1.29, 1.82) is 0 Å². The van der Waals surface area contributed by atoms with Gasteiger partial charge in [0.15, 0.2) is 6.10 Å². The highest BCUT2D eigenvalue weighted by Crippen LogP contribution is 2.21. The zero-order chi connectivity index (χ0) is 16.1. The lowest BCUT2D eigenvalue weighted by Gasteiger charge is -2.27. The lowest BCUT2D eigenvalue weighted by atomic mass is 9.94. The Hall–Kier alpha value is -1.82. The Morgan fingerprint density at radius 2 is 2.12 bits per heavy atom. The normalized spacial score (nSPS) is 16.4. The van der Waals surface area contributed by atoms with Crippen LogP contribution in [0.15, 0.2) is 48.8 Å². The van der Waals surface area contributed by atoms with Crippen molar-refractivity contribution < 1.29 is 9.53 Å². The summed E-state index contributed by atoms with van der Waals surface area (Å²) in [6, 6.07) is 12.1. The summed E-state index contributed by atoms with van der Waals surface area (Å²) in [5.74, 6) is 0.468. The average molecular weight is 384 g/mol. The molecular formula is C18H23Cl2N3O2. The van der Waals surface area contributed by atoms with Gasteiger partial charge in [0.25, 0.3) is 5.91 Å². The van der Waals surface area contributed by atoms with E-state index in [1.54, 1.807) is 31.5 Å². The third kappa shape index (κ3) is 5.59. The first-order valence-electron chi connectivity index (χ1n) is 7.89. The van der Waals surface area contributed by atoms with Crippen molar-refractivity contribution in [3.63, 3.8) is 0 Å². The molecule has 25 heavy (non-hydrogen) atoms. The Labute approximate surface area is 160 Å². The van der Waals surface area contributed by atoms with Gasteiger partial charge in [0.2, 0.25) is 0 Å². The number of benzene rings is 1. The van der Waals surface area contributed by atoms with Crippen LogP contribution in [0.2, 0.25) is 0 Å². The Bertz CT molecular complexity index is 670. The van der Waals surface area contributed by atoms with Crippen molar-refractivity contribution in [2.75, 3.05) is 13.1 Å². The zero-order valence-corrected chi connectivity index (χ0v) is 15.6. The van der Waals surface area contributed by atoms with Gasteiger partial charge in [-0.15, -0.1) is 24.8 Å². The van der Waals surface area contributed by atoms with Gasteiger partial charge in [-0.3, -0.25) is 9.78 Å². The number of halogens is 2. The molecule has 2 N–H and O–H groups in total. The summed E-state index contributed by atoms with van der Waals surface area (Å²) >= 11 is 0. The summed E-state index contributed by atoms with van der Waals surface area (Å²) in [4.78, 5) is 16.2. The van der Waals surface area contributed by atoms with Gasteiger partial charge in [0, 0.05) is 18.8 Å². The van der Waals surface area contributed by atoms with E-state index in [4.69, 9.17) is 4.74 Å². The van der Waals surface area contributed by atoms with E-state index >= 15 is 0 Å². The molecule has 0 saturated heterocycles. The summed E-state index contributed by atoms with van der Waals surface area (Å²) in [7, 11) is 0. The Morgan fingerprint density at radius 1 is 1.32 bits per heavy atom. The summed E-state index contributed by atoms with van der Waals surface area (Å²) < 4.78 is 5.59. The van der Waals surface area contributed by atoms with E-state index in [0.29, 0.717) is 12.3 Å². The molecule has 0 fully saturated rings. The molecule has 0 spiro atoms. The standard InChI is InChI=1S/C18H21N3O2.2ClH/c1-13(23-15-6-4-9-19-11-15)18(22)21-12-17-16-7-3-2-5-14(16)8-10-20-17;;/h2-7,9,11,13,17,20H,8,10,12H2,1H3,(H,21,22);2*1H. The molecule has 0 aliphatic carbocycles. The van der Waals surface area contributed by atoms with Gasteiger partial charge in [-0.05, 0) is 43.1 Å². The second-order valence-electron chi connectivity index (χ2n) is 5.65. The smallest absolute Gasteiger partial charge is 0.260 e. The number of amides is 1. The van der Waals surface area contributed by atoms with Gasteiger partial charge >= 0.3 is 0 Å². The zero-order valence-electron chi connectivity index (χ0n) is 14.0. The number of nitrogens with zero attached hydrogens (tertiary/aromatic N) is 1. The number of ether oxygens (including phenoxy) is 1. The van der Waals surface area contributed by atoms with E-state index in [2.05, 4.69) is 33.8 Å². The molecule has 1 aromatic carbocycles. The van der Waals surface area contributed by atoms with Gasteiger partial charge in [-0.1, -0.05) is 24.3 Å². The van der Waals surface area contributed by atoms with Crippen molar-refractivity contribution >= 4 is 30.7 Å². The molecule has 3 rings (SSSR count). The molecular weight excluding hydrogens is 361 g/mol. The number of aromatic nitrogens is 1. The summed E-state index contributed by atoms with van der Waals surface area (Å²) in [6.45, 7) is 3.22. The van der Waals surface area contributed by atoms with Crippen LogP contribution in [-0.2, 0) is 11.2 Å². The van der Waals surface area contributed by atoms with Crippen molar-refractivity contribution in [2.24, 2.45) is 0 Å². The topological polar surface area (TPSA) is 63.2 Å². The number of carbonyl (C=O) groups is 1. The van der Waals surface area contributed by atoms with Crippen LogP contribution in [0.1, 0.15) is 24.1 Å². The van der Waals surface area contributed by atoms with Crippen LogP contribution in [-0.4, -0.2) is 30.1 Å². The molecule has 1 aliphatic rings. The van der Waals surface area contributed by atoms with E-state index in [1.165, 1.54) is 11.1 Å². The molecule has 1 amide bonds. The van der Waals surface area contributed by atoms with Gasteiger partial charge in [0.05, 0.1) is 6.20 Å². The molecule has 7 heteroatoms. The predicted molar refractivity (Wildman–Crippen MR) is 103 cm³/mol. The fourth-order valence-corrected chi connectivity index (χ4v) is 2.80. The number of nitrogens with one attached hydrogen (secondary N) is 2. The molecule has 0 bridgehead atoms. The lowest BCUT2D eigenvalue weighted by Crippen LogP contribution is -2.43. The Balaban J connectivity index is 0.00000156. The van der Waals surface area contributed by atoms with Crippen molar-refractivity contribution in [2.45, 2.75) is 25.5 Å². The molecule has 1 aromatic heterocycles. The largest absolute Gasteiger partial charge is 0.479 e. The monoisotopic (exact) mass is 383 g/mol. The SMILES string of the molecule is CC(Oc1cccnc1)C(=O)NCC1NCCc2ccccc21.Cl.Cl. The van der Waals surface area contributed by atoms with Crippen LogP contribution >= 0.6 is 24.8 Å². The number of rotatable bonds is 5. The van der Waals surface area contributed by atoms with Crippen molar-refractivity contribution in [3.05, 3.63) is 59.9 Å². The van der Waals surface area contributed by atoms with Crippen LogP contribution in [0.4, 0.5) is 0 Å². The first-order valence-corrected chi connectivity index (χ1v) is 7.89. The third-order valence-corrected chi connectivity index (χ3v) is 4.01. The first kappa shape index (κ1) is 21.2. The summed E-state index contributed by atoms with van der Waals surface area (Å²) in [6.07, 6.45) is 3.74. The Morgan fingerprint density at radius 3 is 2.88 bits per heavy atom. The van der Waals surface area contributed by atoms with Crippen LogP contribution in [0.3, 0.4) is 0 Å². The average Bonchev–Trinajstić information content (AvgIpc) is 2.60. The molecule has 0 saturated carbocycles. The highest BCUT2D eigenvalue weighted by Gasteiger charge is 2.21. The predicted octanol–water partition coefficient (Wildman–Crippen LogP) is 2.70. The van der Waals surface area contributed by atoms with Crippen molar-refractivity contribution in [3.8, 4) is 5.75 Å². The van der Waals surface area contributed by atoms with E-state index in [1.807, 2.05) is 6.07 Å². The van der Waals surface area contributed by atoms with E-state index in [9.17, 15) is 4.79 Å². The quantitative estimate of drug-likeness (QED) is 0.832. The van der Waals surface area contributed by atoms with Crippen molar-refractivity contribution in [1.82, 2.24) is 15.6 Å². The molecule has 1 aliphatic heterocycles. The van der Waals surface area contributed by atoms with Crippen LogP contribution < -0.4 is 15.4 Å². The number of hydrogen-bond donors (Lipinski definition) is 2. The number of carbonyl (C=O) groups excluding carboxylic acids is 1. The molecule has 2 atom stereocenters. The summed E-state index contributed by atoms with van der Waals surface area (Å²) in [5, 5.41) is 6.42. The minimum Gasteiger partial charge on any atom is -0.479 e. The Kier molecular flexibility index (Phi) is 8.69. The fraction of sp³-hybridized carbons (Fsp3) is 0.333. The number of pyridine rings is 1. The minimum absolute atomic E-state index is 0. The molecule has 2 heterocycles. The lowest BCUT2D eigenvalue weighted by molar-refractivity contribution is -0.127. The summed E-state index contributed by atoms with van der Waals surface area (Å²) in [5.41, 5.74) is 2.62. The van der Waals surface area contributed by atoms with Crippen LogP contribution in [0, 0.1) is 0 Å². The minimum atomic E-state index is -0.557. The third-order valence-electron chi connectivity index (χ3n) is 4.01. The van der Waals surface area contributed by atoms with E-state index in [0.717, 1.165) is 13.0 Å². The van der Waals surface area contributed by atoms with Gasteiger partial charge in [-0.25, -0.2) is 0 Å². The number of hydrogen-bond acceptors (Lipinski definition) is 4. The fourth-order valence-electron chi connectivity index (χ4n) is 2.80. The van der Waals surface area contributed by atoms with E-state index in [-0.39, 0.29) is 36.8 Å². The molecule has 136 valence electrons. The molecule has 2 unspecified atom stereocenters. The molecule has 0 radical (unpaired) electrons. The maximum atomic E-state index is 12.2.